The van der Waals surface area contributed by atoms with Crippen LogP contribution in [-0.4, -0.2) is 48.8 Å². The lowest BCUT2D eigenvalue weighted by molar-refractivity contribution is 0.168. The Hall–Kier alpha value is -0.120. The number of rotatable bonds is 9. The Morgan fingerprint density at radius 3 is 2.42 bits per heavy atom. The maximum atomic E-state index is 9.36. The molecule has 1 fully saturated rings. The number of likely N-dealkylation sites (N-methyl/N-ethyl adjacent to an activating group) is 1. The van der Waals surface area contributed by atoms with E-state index in [0.29, 0.717) is 5.41 Å². The molecule has 0 amide bonds. The summed E-state index contributed by atoms with van der Waals surface area (Å²) < 4.78 is 0. The molecule has 1 atom stereocenters. The van der Waals surface area contributed by atoms with Gasteiger partial charge in [-0.1, -0.05) is 20.3 Å². The van der Waals surface area contributed by atoms with Crippen molar-refractivity contribution in [1.29, 1.82) is 0 Å². The Morgan fingerprint density at radius 1 is 1.26 bits per heavy atom. The van der Waals surface area contributed by atoms with Gasteiger partial charge in [0.25, 0.3) is 0 Å². The molecule has 0 saturated carbocycles. The summed E-state index contributed by atoms with van der Waals surface area (Å²) in [6.07, 6.45) is 7.52. The highest BCUT2D eigenvalue weighted by molar-refractivity contribution is 4.88. The fraction of sp³-hybridized carbons (Fsp3) is 1.00. The molecular weight excluding hydrogens is 236 g/mol. The van der Waals surface area contributed by atoms with Crippen molar-refractivity contribution in [2.24, 2.45) is 5.41 Å². The third kappa shape index (κ3) is 4.73. The second-order valence-corrected chi connectivity index (χ2v) is 6.66. The molecular formula is C16H34N2O. The predicted molar refractivity (Wildman–Crippen MR) is 82.5 cm³/mol. The summed E-state index contributed by atoms with van der Waals surface area (Å²) in [7, 11) is 1.94. The number of aliphatic hydroxyl groups excluding tert-OH is 1. The van der Waals surface area contributed by atoms with Crippen molar-refractivity contribution in [3.8, 4) is 0 Å². The van der Waals surface area contributed by atoms with E-state index < -0.39 is 0 Å². The summed E-state index contributed by atoms with van der Waals surface area (Å²) in [5.74, 6) is 0. The molecule has 1 rings (SSSR count). The lowest BCUT2D eigenvalue weighted by atomic mass is 9.82. The lowest BCUT2D eigenvalue weighted by Crippen LogP contribution is -2.43. The van der Waals surface area contributed by atoms with Crippen LogP contribution in [0.15, 0.2) is 0 Å². The Morgan fingerprint density at radius 2 is 1.95 bits per heavy atom. The normalized spacial score (nSPS) is 22.6. The summed E-state index contributed by atoms with van der Waals surface area (Å²) in [6, 6.07) is 0. The van der Waals surface area contributed by atoms with E-state index in [1.807, 2.05) is 7.05 Å². The molecule has 19 heavy (non-hydrogen) atoms. The quantitative estimate of drug-likeness (QED) is 0.632. The van der Waals surface area contributed by atoms with E-state index in [0.717, 1.165) is 6.42 Å². The molecule has 2 N–H and O–H groups in total. The van der Waals surface area contributed by atoms with Crippen LogP contribution >= 0.6 is 0 Å². The van der Waals surface area contributed by atoms with Crippen LogP contribution in [0.25, 0.3) is 0 Å². The van der Waals surface area contributed by atoms with Gasteiger partial charge in [-0.05, 0) is 64.6 Å². The molecule has 0 aromatic carbocycles. The second kappa shape index (κ2) is 7.61. The number of unbranched alkanes of at least 4 members (excludes halogenated alkanes) is 1. The number of aliphatic hydroxyl groups is 1. The number of likely N-dealkylation sites (tertiary alicyclic amines) is 1. The number of hydrogen-bond donors (Lipinski definition) is 2. The van der Waals surface area contributed by atoms with Gasteiger partial charge in [-0.15, -0.1) is 0 Å². The zero-order chi connectivity index (χ0) is 14.4. The number of nitrogens with zero attached hydrogens (tertiary/aromatic N) is 1. The highest BCUT2D eigenvalue weighted by Gasteiger charge is 2.34. The SMILES string of the molecule is CCC1(CC)CCN(CCCCC(C)(CO)NC)C1. The molecule has 1 unspecified atom stereocenters. The summed E-state index contributed by atoms with van der Waals surface area (Å²) in [5.41, 5.74) is 0.506. The van der Waals surface area contributed by atoms with Gasteiger partial charge in [0.15, 0.2) is 0 Å². The standard InChI is InChI=1S/C16H34N2O/c1-5-16(6-2)10-12-18(13-16)11-8-7-9-15(3,14-19)17-4/h17,19H,5-14H2,1-4H3. The molecule has 3 nitrogen and oxygen atoms in total. The lowest BCUT2D eigenvalue weighted by Gasteiger charge is -2.28. The average molecular weight is 270 g/mol. The first-order valence-corrected chi connectivity index (χ1v) is 8.05. The Bertz CT molecular complexity index is 247. The van der Waals surface area contributed by atoms with Crippen LogP contribution in [0, 0.1) is 5.41 Å². The van der Waals surface area contributed by atoms with Gasteiger partial charge in [0.05, 0.1) is 6.61 Å². The first-order chi connectivity index (χ1) is 9.03. The second-order valence-electron chi connectivity index (χ2n) is 6.66. The zero-order valence-corrected chi connectivity index (χ0v) is 13.5. The molecule has 0 aromatic heterocycles. The maximum Gasteiger partial charge on any atom is 0.0610 e. The average Bonchev–Trinajstić information content (AvgIpc) is 2.87. The molecule has 1 heterocycles. The summed E-state index contributed by atoms with van der Waals surface area (Å²) in [5, 5.41) is 12.6. The molecule has 1 aliphatic heterocycles. The topological polar surface area (TPSA) is 35.5 Å². The van der Waals surface area contributed by atoms with Crippen LogP contribution in [-0.2, 0) is 0 Å². The van der Waals surface area contributed by atoms with Gasteiger partial charge >= 0.3 is 0 Å². The zero-order valence-electron chi connectivity index (χ0n) is 13.5. The van der Waals surface area contributed by atoms with Crippen LogP contribution in [0.3, 0.4) is 0 Å². The maximum absolute atomic E-state index is 9.36. The van der Waals surface area contributed by atoms with Crippen LogP contribution in [0.4, 0.5) is 0 Å². The van der Waals surface area contributed by atoms with E-state index >= 15 is 0 Å². The van der Waals surface area contributed by atoms with Gasteiger partial charge in [0, 0.05) is 12.1 Å². The van der Waals surface area contributed by atoms with Crippen LogP contribution in [0.1, 0.15) is 59.3 Å². The van der Waals surface area contributed by atoms with Gasteiger partial charge in [0.2, 0.25) is 0 Å². The van der Waals surface area contributed by atoms with E-state index in [2.05, 4.69) is 31.0 Å². The van der Waals surface area contributed by atoms with Crippen molar-refractivity contribution in [3.63, 3.8) is 0 Å². The largest absolute Gasteiger partial charge is 0.394 e. The number of nitrogens with one attached hydrogen (secondary N) is 1. The van der Waals surface area contributed by atoms with E-state index in [4.69, 9.17) is 0 Å². The number of hydrogen-bond acceptors (Lipinski definition) is 3. The third-order valence-corrected chi connectivity index (χ3v) is 5.42. The Kier molecular flexibility index (Phi) is 6.78. The smallest absolute Gasteiger partial charge is 0.0610 e. The highest BCUT2D eigenvalue weighted by Crippen LogP contribution is 2.36. The van der Waals surface area contributed by atoms with Crippen molar-refractivity contribution in [2.45, 2.75) is 64.8 Å². The molecule has 0 radical (unpaired) electrons. The van der Waals surface area contributed by atoms with Crippen molar-refractivity contribution >= 4 is 0 Å². The molecule has 1 aliphatic rings. The highest BCUT2D eigenvalue weighted by atomic mass is 16.3. The van der Waals surface area contributed by atoms with Crippen molar-refractivity contribution in [3.05, 3.63) is 0 Å². The van der Waals surface area contributed by atoms with Crippen LogP contribution in [0.2, 0.25) is 0 Å². The Labute approximate surface area is 119 Å². The summed E-state index contributed by atoms with van der Waals surface area (Å²) >= 11 is 0. The van der Waals surface area contributed by atoms with Gasteiger partial charge in [0.1, 0.15) is 0 Å². The molecule has 1 saturated heterocycles. The van der Waals surface area contributed by atoms with E-state index in [-0.39, 0.29) is 12.1 Å². The van der Waals surface area contributed by atoms with Gasteiger partial charge in [-0.2, -0.15) is 0 Å². The first kappa shape index (κ1) is 16.9. The minimum absolute atomic E-state index is 0.0956. The van der Waals surface area contributed by atoms with Crippen LogP contribution in [0.5, 0.6) is 0 Å². The molecule has 114 valence electrons. The van der Waals surface area contributed by atoms with Gasteiger partial charge < -0.3 is 15.3 Å². The molecule has 0 aliphatic carbocycles. The first-order valence-electron chi connectivity index (χ1n) is 8.05. The minimum Gasteiger partial charge on any atom is -0.394 e. The predicted octanol–water partition coefficient (Wildman–Crippen LogP) is 2.64. The fourth-order valence-corrected chi connectivity index (χ4v) is 3.18. The fourth-order valence-electron chi connectivity index (χ4n) is 3.18. The van der Waals surface area contributed by atoms with E-state index in [1.54, 1.807) is 0 Å². The van der Waals surface area contributed by atoms with Crippen molar-refractivity contribution in [1.82, 2.24) is 10.2 Å². The third-order valence-electron chi connectivity index (χ3n) is 5.42. The van der Waals surface area contributed by atoms with Gasteiger partial charge in [-0.3, -0.25) is 0 Å². The van der Waals surface area contributed by atoms with Crippen molar-refractivity contribution in [2.75, 3.05) is 33.3 Å². The monoisotopic (exact) mass is 270 g/mol. The van der Waals surface area contributed by atoms with Crippen LogP contribution < -0.4 is 5.32 Å². The van der Waals surface area contributed by atoms with E-state index in [9.17, 15) is 5.11 Å². The molecule has 0 spiro atoms. The molecule has 0 aromatic rings. The minimum atomic E-state index is -0.0956. The van der Waals surface area contributed by atoms with Crippen molar-refractivity contribution < 1.29 is 5.11 Å². The summed E-state index contributed by atoms with van der Waals surface area (Å²) in [6.45, 7) is 10.8. The molecule has 3 heteroatoms. The van der Waals surface area contributed by atoms with E-state index in [1.165, 1.54) is 51.7 Å². The summed E-state index contributed by atoms with van der Waals surface area (Å²) in [4.78, 5) is 2.64. The molecule has 0 bridgehead atoms. The Balaban J connectivity index is 2.21. The van der Waals surface area contributed by atoms with Gasteiger partial charge in [-0.25, -0.2) is 0 Å².